The molecule has 0 atom stereocenters. The van der Waals surface area contributed by atoms with Crippen molar-refractivity contribution in [3.05, 3.63) is 59.9 Å². The largest absolute Gasteiger partial charge is 0.481 e. The van der Waals surface area contributed by atoms with E-state index in [9.17, 15) is 21.6 Å². The van der Waals surface area contributed by atoms with Crippen LogP contribution in [0.5, 0.6) is 5.88 Å². The number of halogens is 3. The highest BCUT2D eigenvalue weighted by atomic mass is 32.2. The molecule has 0 bridgehead atoms. The molecule has 0 radical (unpaired) electrons. The number of ether oxygens (including phenoxy) is 1. The average Bonchev–Trinajstić information content (AvgIpc) is 3.17. The zero-order chi connectivity index (χ0) is 22.6. The number of hydrogen-bond acceptors (Lipinski definition) is 6. The number of rotatable bonds is 8. The third kappa shape index (κ3) is 6.05. The minimum Gasteiger partial charge on any atom is -0.481 e. The first-order valence-corrected chi connectivity index (χ1v) is 11.0. The summed E-state index contributed by atoms with van der Waals surface area (Å²) < 4.78 is 72.7. The first-order chi connectivity index (χ1) is 14.6. The lowest BCUT2D eigenvalue weighted by atomic mass is 10.1. The second-order valence-corrected chi connectivity index (χ2v) is 8.35. The molecule has 0 fully saturated rings. The summed E-state index contributed by atoms with van der Waals surface area (Å²) in [6.45, 7) is 0.0623. The van der Waals surface area contributed by atoms with Crippen LogP contribution < -0.4 is 4.74 Å². The third-order valence-electron chi connectivity index (χ3n) is 4.33. The van der Waals surface area contributed by atoms with Gasteiger partial charge in [-0.25, -0.2) is 9.67 Å². The van der Waals surface area contributed by atoms with Gasteiger partial charge in [-0.15, -0.1) is 0 Å². The highest BCUT2D eigenvalue weighted by Crippen LogP contribution is 2.33. The molecule has 0 aliphatic heterocycles. The van der Waals surface area contributed by atoms with Crippen molar-refractivity contribution >= 4 is 10.1 Å². The zero-order valence-electron chi connectivity index (χ0n) is 16.8. The SMILES string of the molecule is COc1ccc(-n2nc(C(F)(F)F)cc2-c2ccc(CCCOS(C)(=O)=O)cc2)cn1. The van der Waals surface area contributed by atoms with Crippen LogP contribution in [-0.4, -0.2) is 43.2 Å². The van der Waals surface area contributed by atoms with E-state index >= 15 is 0 Å². The van der Waals surface area contributed by atoms with Crippen LogP contribution in [0.4, 0.5) is 13.2 Å². The molecular weight excluding hydrogens is 435 g/mol. The molecule has 0 saturated carbocycles. The van der Waals surface area contributed by atoms with Gasteiger partial charge in [-0.05, 0) is 30.5 Å². The molecule has 2 heterocycles. The molecule has 0 aliphatic carbocycles. The Morgan fingerprint density at radius 2 is 1.81 bits per heavy atom. The van der Waals surface area contributed by atoms with Crippen molar-refractivity contribution in [3.63, 3.8) is 0 Å². The van der Waals surface area contributed by atoms with Gasteiger partial charge < -0.3 is 4.74 Å². The summed E-state index contributed by atoms with van der Waals surface area (Å²) in [6.07, 6.45) is -1.19. The van der Waals surface area contributed by atoms with Gasteiger partial charge in [-0.2, -0.15) is 26.7 Å². The fraction of sp³-hybridized carbons (Fsp3) is 0.300. The summed E-state index contributed by atoms with van der Waals surface area (Å²) in [5, 5.41) is 3.73. The number of methoxy groups -OCH3 is 1. The Hall–Kier alpha value is -2.92. The Bertz CT molecular complexity index is 1130. The van der Waals surface area contributed by atoms with Crippen molar-refractivity contribution in [2.45, 2.75) is 19.0 Å². The van der Waals surface area contributed by atoms with Crippen molar-refractivity contribution in [2.75, 3.05) is 20.0 Å². The first-order valence-electron chi connectivity index (χ1n) is 9.18. The minimum absolute atomic E-state index is 0.0623. The van der Waals surface area contributed by atoms with Crippen LogP contribution in [0.25, 0.3) is 16.9 Å². The van der Waals surface area contributed by atoms with E-state index < -0.39 is 22.0 Å². The maximum atomic E-state index is 13.3. The predicted molar refractivity (Wildman–Crippen MR) is 107 cm³/mol. The average molecular weight is 455 g/mol. The number of aryl methyl sites for hydroxylation is 1. The van der Waals surface area contributed by atoms with E-state index in [1.54, 1.807) is 30.3 Å². The van der Waals surface area contributed by atoms with Crippen LogP contribution >= 0.6 is 0 Å². The van der Waals surface area contributed by atoms with Gasteiger partial charge in [-0.3, -0.25) is 4.18 Å². The molecule has 0 unspecified atom stereocenters. The maximum Gasteiger partial charge on any atom is 0.435 e. The van der Waals surface area contributed by atoms with Crippen LogP contribution in [0, 0.1) is 0 Å². The third-order valence-corrected chi connectivity index (χ3v) is 4.93. The molecule has 0 spiro atoms. The quantitative estimate of drug-likeness (QED) is 0.379. The number of benzene rings is 1. The van der Waals surface area contributed by atoms with Crippen LogP contribution in [0.1, 0.15) is 17.7 Å². The summed E-state index contributed by atoms with van der Waals surface area (Å²) in [5.41, 5.74) is 1.03. The van der Waals surface area contributed by atoms with Crippen LogP contribution in [0.3, 0.4) is 0 Å². The Kier molecular flexibility index (Phi) is 6.65. The molecule has 0 N–H and O–H groups in total. The number of pyridine rings is 1. The number of alkyl halides is 3. The second kappa shape index (κ2) is 9.06. The van der Waals surface area contributed by atoms with Crippen molar-refractivity contribution in [2.24, 2.45) is 0 Å². The summed E-state index contributed by atoms with van der Waals surface area (Å²) in [5.74, 6) is 0.331. The maximum absolute atomic E-state index is 13.3. The van der Waals surface area contributed by atoms with Gasteiger partial charge in [0.25, 0.3) is 10.1 Å². The Labute approximate surface area is 177 Å². The van der Waals surface area contributed by atoms with Crippen molar-refractivity contribution < 1.29 is 30.5 Å². The van der Waals surface area contributed by atoms with Crippen LogP contribution in [-0.2, 0) is 26.9 Å². The van der Waals surface area contributed by atoms with E-state index in [0.717, 1.165) is 17.9 Å². The molecular formula is C20H20F3N3O4S. The summed E-state index contributed by atoms with van der Waals surface area (Å²) in [7, 11) is -2.04. The van der Waals surface area contributed by atoms with E-state index in [0.29, 0.717) is 30.0 Å². The van der Waals surface area contributed by atoms with Crippen LogP contribution in [0.2, 0.25) is 0 Å². The van der Waals surface area contributed by atoms with Gasteiger partial charge in [0.15, 0.2) is 5.69 Å². The number of hydrogen-bond donors (Lipinski definition) is 0. The minimum atomic E-state index is -4.60. The van der Waals surface area contributed by atoms with Crippen molar-refractivity contribution in [1.82, 2.24) is 14.8 Å². The van der Waals surface area contributed by atoms with E-state index in [2.05, 4.69) is 10.1 Å². The van der Waals surface area contributed by atoms with Gasteiger partial charge >= 0.3 is 6.18 Å². The molecule has 2 aromatic heterocycles. The lowest BCUT2D eigenvalue weighted by Crippen LogP contribution is -2.07. The fourth-order valence-electron chi connectivity index (χ4n) is 2.87. The molecule has 31 heavy (non-hydrogen) atoms. The Morgan fingerprint density at radius 3 is 2.35 bits per heavy atom. The lowest BCUT2D eigenvalue weighted by Gasteiger charge is -2.09. The molecule has 0 aliphatic rings. The van der Waals surface area contributed by atoms with E-state index in [1.165, 1.54) is 24.1 Å². The molecule has 1 aromatic carbocycles. The molecule has 3 aromatic rings. The Balaban J connectivity index is 1.86. The Morgan fingerprint density at radius 1 is 1.10 bits per heavy atom. The standard InChI is InChI=1S/C20H20F3N3O4S/c1-29-19-10-9-16(13-24-19)26-17(12-18(25-26)20(21,22)23)15-7-5-14(6-8-15)4-3-11-30-31(2,27)28/h5-10,12-13H,3-4,11H2,1-2H3. The smallest absolute Gasteiger partial charge is 0.435 e. The van der Waals surface area contributed by atoms with E-state index in [-0.39, 0.29) is 12.3 Å². The van der Waals surface area contributed by atoms with Gasteiger partial charge in [0.1, 0.15) is 0 Å². The monoisotopic (exact) mass is 455 g/mol. The summed E-state index contributed by atoms with van der Waals surface area (Å²) >= 11 is 0. The lowest BCUT2D eigenvalue weighted by molar-refractivity contribution is -0.141. The first kappa shape index (κ1) is 22.8. The van der Waals surface area contributed by atoms with Gasteiger partial charge in [0, 0.05) is 11.6 Å². The topological polar surface area (TPSA) is 83.3 Å². The van der Waals surface area contributed by atoms with E-state index in [4.69, 9.17) is 8.92 Å². The molecule has 0 saturated heterocycles. The summed E-state index contributed by atoms with van der Waals surface area (Å²) in [6, 6.07) is 11.0. The second-order valence-electron chi connectivity index (χ2n) is 6.71. The number of nitrogens with zero attached hydrogens (tertiary/aromatic N) is 3. The van der Waals surface area contributed by atoms with Gasteiger partial charge in [-0.1, -0.05) is 24.3 Å². The highest BCUT2D eigenvalue weighted by Gasteiger charge is 2.35. The molecule has 7 nitrogen and oxygen atoms in total. The van der Waals surface area contributed by atoms with Gasteiger partial charge in [0.2, 0.25) is 5.88 Å². The fourth-order valence-corrected chi connectivity index (χ4v) is 3.29. The zero-order valence-corrected chi connectivity index (χ0v) is 17.6. The molecule has 3 rings (SSSR count). The molecule has 0 amide bonds. The van der Waals surface area contributed by atoms with Gasteiger partial charge in [0.05, 0.1) is 37.6 Å². The summed E-state index contributed by atoms with van der Waals surface area (Å²) in [4.78, 5) is 4.03. The number of aromatic nitrogens is 3. The molecule has 11 heteroatoms. The van der Waals surface area contributed by atoms with Crippen LogP contribution in [0.15, 0.2) is 48.7 Å². The molecule has 166 valence electrons. The predicted octanol–water partition coefficient (Wildman–Crippen LogP) is 3.87. The van der Waals surface area contributed by atoms with Crippen molar-refractivity contribution in [3.8, 4) is 22.8 Å². The van der Waals surface area contributed by atoms with Crippen molar-refractivity contribution in [1.29, 1.82) is 0 Å². The normalized spacial score (nSPS) is 12.2. The highest BCUT2D eigenvalue weighted by molar-refractivity contribution is 7.85. The van der Waals surface area contributed by atoms with E-state index in [1.807, 2.05) is 0 Å².